The first kappa shape index (κ1) is 26.5. The fourth-order valence-electron chi connectivity index (χ4n) is 4.19. The van der Waals surface area contributed by atoms with Crippen LogP contribution in [0.2, 0.25) is 0 Å². The summed E-state index contributed by atoms with van der Waals surface area (Å²) in [5.41, 5.74) is 2.91. The zero-order chi connectivity index (χ0) is 26.4. The van der Waals surface area contributed by atoms with Crippen LogP contribution in [-0.4, -0.2) is 29.2 Å². The molecular weight excluding hydrogens is 504 g/mol. The lowest BCUT2D eigenvalue weighted by atomic mass is 10.0. The molecule has 0 fully saturated rings. The molecule has 0 aliphatic carbocycles. The van der Waals surface area contributed by atoms with Crippen molar-refractivity contribution in [2.75, 3.05) is 17.2 Å². The van der Waals surface area contributed by atoms with Gasteiger partial charge < -0.3 is 15.5 Å². The molecule has 3 amide bonds. The van der Waals surface area contributed by atoms with Gasteiger partial charge in [0.05, 0.1) is 12.1 Å². The monoisotopic (exact) mass is 532 g/mol. The number of amides is 3. The zero-order valence-corrected chi connectivity index (χ0v) is 22.4. The molecule has 0 saturated carbocycles. The molecule has 1 atom stereocenters. The van der Waals surface area contributed by atoms with Crippen molar-refractivity contribution in [1.82, 2.24) is 4.90 Å². The van der Waals surface area contributed by atoms with E-state index in [-0.39, 0.29) is 17.7 Å². The SMILES string of the molecule is CCCC(=O)Nc1cccc(SC(C(=O)Nc2sc3c(c2C#N)CCN(C(C)=O)C3)c2ccccc2)c1. The maximum atomic E-state index is 13.6. The smallest absolute Gasteiger partial charge is 0.243 e. The molecule has 0 saturated heterocycles. The summed E-state index contributed by atoms with van der Waals surface area (Å²) in [4.78, 5) is 41.1. The van der Waals surface area contributed by atoms with E-state index in [1.54, 1.807) is 11.8 Å². The quantitative estimate of drug-likeness (QED) is 0.361. The van der Waals surface area contributed by atoms with Crippen molar-refractivity contribution in [1.29, 1.82) is 5.26 Å². The molecule has 3 aromatic rings. The highest BCUT2D eigenvalue weighted by Gasteiger charge is 2.29. The third kappa shape index (κ3) is 6.40. The Hall–Kier alpha value is -3.61. The van der Waals surface area contributed by atoms with E-state index in [9.17, 15) is 19.6 Å². The van der Waals surface area contributed by atoms with Gasteiger partial charge in [-0.2, -0.15) is 5.26 Å². The summed E-state index contributed by atoms with van der Waals surface area (Å²) in [6.45, 7) is 4.51. The normalized spacial score (nSPS) is 13.3. The van der Waals surface area contributed by atoms with Crippen molar-refractivity contribution in [2.24, 2.45) is 0 Å². The van der Waals surface area contributed by atoms with Crippen molar-refractivity contribution >= 4 is 51.5 Å². The third-order valence-electron chi connectivity index (χ3n) is 6.04. The summed E-state index contributed by atoms with van der Waals surface area (Å²) in [6, 6.07) is 19.2. The van der Waals surface area contributed by atoms with Crippen molar-refractivity contribution in [3.63, 3.8) is 0 Å². The van der Waals surface area contributed by atoms with Gasteiger partial charge in [0.1, 0.15) is 16.3 Å². The van der Waals surface area contributed by atoms with Gasteiger partial charge in [0.25, 0.3) is 0 Å². The summed E-state index contributed by atoms with van der Waals surface area (Å²) in [5, 5.41) is 15.7. The van der Waals surface area contributed by atoms with Crippen LogP contribution >= 0.6 is 23.1 Å². The molecule has 7 nitrogen and oxygen atoms in total. The lowest BCUT2D eigenvalue weighted by molar-refractivity contribution is -0.129. The number of rotatable bonds is 8. The van der Waals surface area contributed by atoms with Gasteiger partial charge in [0.15, 0.2) is 0 Å². The molecular formula is C28H28N4O3S2. The summed E-state index contributed by atoms with van der Waals surface area (Å²) in [7, 11) is 0. The maximum absolute atomic E-state index is 13.6. The van der Waals surface area contributed by atoms with Crippen molar-refractivity contribution in [2.45, 2.75) is 49.8 Å². The van der Waals surface area contributed by atoms with E-state index in [0.29, 0.717) is 42.2 Å². The summed E-state index contributed by atoms with van der Waals surface area (Å²) < 4.78 is 0. The molecule has 1 aliphatic heterocycles. The van der Waals surface area contributed by atoms with Gasteiger partial charge in [-0.05, 0) is 42.2 Å². The Kier molecular flexibility index (Phi) is 8.64. The minimum absolute atomic E-state index is 0.00296. The van der Waals surface area contributed by atoms with Crippen LogP contribution in [0.15, 0.2) is 59.5 Å². The Morgan fingerprint density at radius 1 is 1.14 bits per heavy atom. The number of carbonyl (C=O) groups excluding carboxylic acids is 3. The second-order valence-corrected chi connectivity index (χ2v) is 11.0. The number of thiophene rings is 1. The lowest BCUT2D eigenvalue weighted by Gasteiger charge is -2.25. The fraction of sp³-hybridized carbons (Fsp3) is 0.286. The Labute approximate surface area is 224 Å². The Morgan fingerprint density at radius 3 is 2.62 bits per heavy atom. The number of benzene rings is 2. The van der Waals surface area contributed by atoms with E-state index < -0.39 is 5.25 Å². The second-order valence-electron chi connectivity index (χ2n) is 8.73. The number of hydrogen-bond acceptors (Lipinski definition) is 6. The fourth-order valence-corrected chi connectivity index (χ4v) is 6.49. The van der Waals surface area contributed by atoms with Crippen LogP contribution in [0.25, 0.3) is 0 Å². The number of nitrogens with zero attached hydrogens (tertiary/aromatic N) is 2. The first-order valence-corrected chi connectivity index (χ1v) is 13.8. The largest absolute Gasteiger partial charge is 0.337 e. The molecule has 2 heterocycles. The van der Waals surface area contributed by atoms with E-state index in [1.165, 1.54) is 23.1 Å². The summed E-state index contributed by atoms with van der Waals surface area (Å²) in [6.07, 6.45) is 1.81. The van der Waals surface area contributed by atoms with Crippen molar-refractivity contribution < 1.29 is 14.4 Å². The summed E-state index contributed by atoms with van der Waals surface area (Å²) in [5.74, 6) is -0.289. The van der Waals surface area contributed by atoms with E-state index in [1.807, 2.05) is 61.5 Å². The molecule has 190 valence electrons. The minimum atomic E-state index is -0.581. The highest BCUT2D eigenvalue weighted by molar-refractivity contribution is 8.00. The van der Waals surface area contributed by atoms with Gasteiger partial charge in [0, 0.05) is 35.3 Å². The molecule has 9 heteroatoms. The van der Waals surface area contributed by atoms with E-state index >= 15 is 0 Å². The van der Waals surface area contributed by atoms with E-state index in [4.69, 9.17) is 0 Å². The molecule has 4 rings (SSSR count). The van der Waals surface area contributed by atoms with E-state index in [2.05, 4.69) is 16.7 Å². The molecule has 0 spiro atoms. The number of anilines is 2. The van der Waals surface area contributed by atoms with Crippen LogP contribution in [0.4, 0.5) is 10.7 Å². The Bertz CT molecular complexity index is 1350. The van der Waals surface area contributed by atoms with Gasteiger partial charge >= 0.3 is 0 Å². The molecule has 1 aromatic heterocycles. The van der Waals surface area contributed by atoms with Gasteiger partial charge in [-0.3, -0.25) is 14.4 Å². The zero-order valence-electron chi connectivity index (χ0n) is 20.7. The average Bonchev–Trinajstić information content (AvgIpc) is 3.24. The molecule has 37 heavy (non-hydrogen) atoms. The van der Waals surface area contributed by atoms with Crippen molar-refractivity contribution in [3.8, 4) is 6.07 Å². The van der Waals surface area contributed by atoms with E-state index in [0.717, 1.165) is 27.3 Å². The number of fused-ring (bicyclic) bond motifs is 1. The Morgan fingerprint density at radius 2 is 1.92 bits per heavy atom. The van der Waals surface area contributed by atoms with Gasteiger partial charge in [-0.15, -0.1) is 23.1 Å². The van der Waals surface area contributed by atoms with Crippen LogP contribution in [0.5, 0.6) is 0 Å². The van der Waals surface area contributed by atoms with Crippen LogP contribution in [0, 0.1) is 11.3 Å². The highest BCUT2D eigenvalue weighted by Crippen LogP contribution is 2.40. The molecule has 1 aliphatic rings. The average molecular weight is 533 g/mol. The number of hydrogen-bond donors (Lipinski definition) is 2. The maximum Gasteiger partial charge on any atom is 0.243 e. The van der Waals surface area contributed by atoms with Gasteiger partial charge in [-0.25, -0.2) is 0 Å². The van der Waals surface area contributed by atoms with Gasteiger partial charge in [-0.1, -0.05) is 43.3 Å². The van der Waals surface area contributed by atoms with Crippen LogP contribution < -0.4 is 10.6 Å². The topological polar surface area (TPSA) is 102 Å². The summed E-state index contributed by atoms with van der Waals surface area (Å²) >= 11 is 2.75. The number of thioether (sulfide) groups is 1. The highest BCUT2D eigenvalue weighted by atomic mass is 32.2. The molecule has 0 radical (unpaired) electrons. The lowest BCUT2D eigenvalue weighted by Crippen LogP contribution is -2.33. The van der Waals surface area contributed by atoms with Crippen LogP contribution in [0.3, 0.4) is 0 Å². The van der Waals surface area contributed by atoms with Crippen molar-refractivity contribution in [3.05, 3.63) is 76.2 Å². The molecule has 2 N–H and O–H groups in total. The molecule has 2 aromatic carbocycles. The standard InChI is InChI=1S/C28H28N4O3S2/c1-3-8-25(34)30-20-11-7-12-21(15-20)36-26(19-9-5-4-6-10-19)27(35)31-28-23(16-29)22-13-14-32(18(2)33)17-24(22)37-28/h4-7,9-12,15,26H,3,8,13-14,17H2,1-2H3,(H,30,34)(H,31,35). The predicted octanol–water partition coefficient (Wildman–Crippen LogP) is 5.74. The number of nitriles is 1. The Balaban J connectivity index is 1.59. The first-order valence-electron chi connectivity index (χ1n) is 12.1. The number of carbonyl (C=O) groups is 3. The third-order valence-corrected chi connectivity index (χ3v) is 8.42. The second kappa shape index (κ2) is 12.1. The predicted molar refractivity (Wildman–Crippen MR) is 147 cm³/mol. The molecule has 1 unspecified atom stereocenters. The first-order chi connectivity index (χ1) is 17.9. The van der Waals surface area contributed by atoms with Crippen LogP contribution in [0.1, 0.15) is 53.5 Å². The van der Waals surface area contributed by atoms with Crippen LogP contribution in [-0.2, 0) is 27.3 Å². The number of nitrogens with one attached hydrogen (secondary N) is 2. The minimum Gasteiger partial charge on any atom is -0.337 e. The van der Waals surface area contributed by atoms with Gasteiger partial charge in [0.2, 0.25) is 17.7 Å². The molecule has 0 bridgehead atoms.